The maximum absolute atomic E-state index is 13.1. The zero-order valence-corrected chi connectivity index (χ0v) is 14.7. The average Bonchev–Trinajstić information content (AvgIpc) is 2.65. The predicted octanol–water partition coefficient (Wildman–Crippen LogP) is 3.11. The van der Waals surface area contributed by atoms with Gasteiger partial charge in [-0.25, -0.2) is 9.37 Å². The van der Waals surface area contributed by atoms with Crippen LogP contribution in [0.4, 0.5) is 4.39 Å². The molecule has 2 aromatic heterocycles. The minimum absolute atomic E-state index is 0.0305. The van der Waals surface area contributed by atoms with Crippen molar-refractivity contribution in [2.24, 2.45) is 0 Å². The van der Waals surface area contributed by atoms with Gasteiger partial charge in [-0.05, 0) is 49.2 Å². The first-order chi connectivity index (χ1) is 12.5. The Balaban J connectivity index is 2.11. The van der Waals surface area contributed by atoms with Gasteiger partial charge in [-0.15, -0.1) is 0 Å². The molecule has 6 heteroatoms. The lowest BCUT2D eigenvalue weighted by atomic mass is 10.1. The Kier molecular flexibility index (Phi) is 5.11. The van der Waals surface area contributed by atoms with E-state index in [4.69, 9.17) is 0 Å². The third kappa shape index (κ3) is 3.64. The van der Waals surface area contributed by atoms with Gasteiger partial charge in [0, 0.05) is 17.6 Å². The smallest absolute Gasteiger partial charge is 0.265 e. The van der Waals surface area contributed by atoms with E-state index in [1.807, 2.05) is 19.9 Å². The second-order valence-corrected chi connectivity index (χ2v) is 6.27. The van der Waals surface area contributed by atoms with Gasteiger partial charge in [-0.1, -0.05) is 19.1 Å². The number of halogens is 1. The number of carbonyl (C=O) groups is 1. The first-order valence-corrected chi connectivity index (χ1v) is 8.53. The molecule has 0 radical (unpaired) electrons. The van der Waals surface area contributed by atoms with Crippen LogP contribution in [0.25, 0.3) is 11.0 Å². The molecule has 0 spiro atoms. The van der Waals surface area contributed by atoms with Gasteiger partial charge < -0.3 is 5.32 Å². The molecular weight excluding hydrogens is 333 g/mol. The minimum atomic E-state index is -0.415. The zero-order valence-electron chi connectivity index (χ0n) is 14.7. The Morgan fingerprint density at radius 1 is 1.27 bits per heavy atom. The van der Waals surface area contributed by atoms with E-state index in [0.29, 0.717) is 11.0 Å². The number of hydrogen-bond donors (Lipinski definition) is 1. The fourth-order valence-electron chi connectivity index (χ4n) is 2.69. The third-order valence-corrected chi connectivity index (χ3v) is 4.34. The molecule has 1 aromatic carbocycles. The summed E-state index contributed by atoms with van der Waals surface area (Å²) in [5.41, 5.74) is 0.899. The van der Waals surface area contributed by atoms with Crippen LogP contribution in [0.2, 0.25) is 0 Å². The zero-order chi connectivity index (χ0) is 18.7. The number of nitrogens with one attached hydrogen (secondary N) is 1. The van der Waals surface area contributed by atoms with Gasteiger partial charge in [0.2, 0.25) is 0 Å². The van der Waals surface area contributed by atoms with Crippen molar-refractivity contribution in [1.29, 1.82) is 0 Å². The molecule has 0 bridgehead atoms. The molecule has 3 rings (SSSR count). The molecular formula is C20H20FN3O2. The van der Waals surface area contributed by atoms with Gasteiger partial charge >= 0.3 is 0 Å². The molecule has 0 aliphatic rings. The Morgan fingerprint density at radius 2 is 2.00 bits per heavy atom. The Hall–Kier alpha value is -3.02. The van der Waals surface area contributed by atoms with Crippen molar-refractivity contribution >= 4 is 16.9 Å². The molecule has 1 unspecified atom stereocenters. The Labute approximate surface area is 150 Å². The largest absolute Gasteiger partial charge is 0.349 e. The van der Waals surface area contributed by atoms with Crippen molar-refractivity contribution in [2.75, 3.05) is 0 Å². The van der Waals surface area contributed by atoms with Crippen LogP contribution in [0, 0.1) is 5.82 Å². The third-order valence-electron chi connectivity index (χ3n) is 4.34. The SMILES string of the molecule is CCC(C)NC(=O)c1cc2cccnc2n(Cc2ccc(F)cc2)c1=O. The highest BCUT2D eigenvalue weighted by Crippen LogP contribution is 2.13. The number of rotatable bonds is 5. The molecule has 5 nitrogen and oxygen atoms in total. The molecule has 3 aromatic rings. The summed E-state index contributed by atoms with van der Waals surface area (Å²) in [6, 6.07) is 11.0. The number of fused-ring (bicyclic) bond motifs is 1. The van der Waals surface area contributed by atoms with Gasteiger partial charge in [-0.2, -0.15) is 0 Å². The maximum atomic E-state index is 13.1. The summed E-state index contributed by atoms with van der Waals surface area (Å²) in [4.78, 5) is 29.8. The van der Waals surface area contributed by atoms with E-state index >= 15 is 0 Å². The molecule has 134 valence electrons. The molecule has 0 aliphatic carbocycles. The van der Waals surface area contributed by atoms with Crippen LogP contribution in [0.5, 0.6) is 0 Å². The van der Waals surface area contributed by atoms with Gasteiger partial charge in [0.05, 0.1) is 6.54 Å². The van der Waals surface area contributed by atoms with Crippen LogP contribution in [0.3, 0.4) is 0 Å². The summed E-state index contributed by atoms with van der Waals surface area (Å²) in [7, 11) is 0. The lowest BCUT2D eigenvalue weighted by Gasteiger charge is -2.14. The molecule has 1 atom stereocenters. The van der Waals surface area contributed by atoms with Gasteiger partial charge in [0.1, 0.15) is 17.0 Å². The summed E-state index contributed by atoms with van der Waals surface area (Å²) >= 11 is 0. The summed E-state index contributed by atoms with van der Waals surface area (Å²) < 4.78 is 14.6. The Bertz CT molecular complexity index is 996. The minimum Gasteiger partial charge on any atom is -0.349 e. The number of pyridine rings is 2. The summed E-state index contributed by atoms with van der Waals surface area (Å²) in [5.74, 6) is -0.742. The lowest BCUT2D eigenvalue weighted by Crippen LogP contribution is -2.37. The van der Waals surface area contributed by atoms with Crippen LogP contribution in [0.15, 0.2) is 53.5 Å². The molecule has 0 fully saturated rings. The number of carbonyl (C=O) groups excluding carboxylic acids is 1. The number of hydrogen-bond acceptors (Lipinski definition) is 3. The van der Waals surface area contributed by atoms with Gasteiger partial charge in [0.15, 0.2) is 0 Å². The van der Waals surface area contributed by atoms with Crippen LogP contribution < -0.4 is 10.9 Å². The second kappa shape index (κ2) is 7.47. The molecule has 1 amide bonds. The quantitative estimate of drug-likeness (QED) is 0.766. The van der Waals surface area contributed by atoms with Crippen LogP contribution in [-0.2, 0) is 6.54 Å². The summed E-state index contributed by atoms with van der Waals surface area (Å²) in [6.45, 7) is 4.05. The summed E-state index contributed by atoms with van der Waals surface area (Å²) in [5, 5.41) is 3.53. The predicted molar refractivity (Wildman–Crippen MR) is 98.7 cm³/mol. The highest BCUT2D eigenvalue weighted by Gasteiger charge is 2.17. The van der Waals surface area contributed by atoms with E-state index in [1.54, 1.807) is 30.5 Å². The van der Waals surface area contributed by atoms with Crippen molar-refractivity contribution in [3.8, 4) is 0 Å². The van der Waals surface area contributed by atoms with Crippen molar-refractivity contribution in [2.45, 2.75) is 32.9 Å². The molecule has 1 N–H and O–H groups in total. The lowest BCUT2D eigenvalue weighted by molar-refractivity contribution is 0.0937. The second-order valence-electron chi connectivity index (χ2n) is 6.27. The van der Waals surface area contributed by atoms with Crippen LogP contribution in [0.1, 0.15) is 36.2 Å². The Morgan fingerprint density at radius 3 is 2.69 bits per heavy atom. The molecule has 0 saturated heterocycles. The first-order valence-electron chi connectivity index (χ1n) is 8.53. The van der Waals surface area contributed by atoms with Crippen LogP contribution >= 0.6 is 0 Å². The summed E-state index contributed by atoms with van der Waals surface area (Å²) in [6.07, 6.45) is 2.37. The number of aromatic nitrogens is 2. The molecule has 0 saturated carbocycles. The topological polar surface area (TPSA) is 64.0 Å². The van der Waals surface area contributed by atoms with E-state index in [9.17, 15) is 14.0 Å². The van der Waals surface area contributed by atoms with Crippen molar-refractivity contribution in [3.05, 3.63) is 76.0 Å². The van der Waals surface area contributed by atoms with Crippen molar-refractivity contribution in [1.82, 2.24) is 14.9 Å². The maximum Gasteiger partial charge on any atom is 0.265 e. The average molecular weight is 353 g/mol. The van der Waals surface area contributed by atoms with E-state index in [2.05, 4.69) is 10.3 Å². The van der Waals surface area contributed by atoms with Crippen molar-refractivity contribution < 1.29 is 9.18 Å². The highest BCUT2D eigenvalue weighted by atomic mass is 19.1. The number of nitrogens with zero attached hydrogens (tertiary/aromatic N) is 2. The molecule has 2 heterocycles. The highest BCUT2D eigenvalue weighted by molar-refractivity contribution is 5.97. The van der Waals surface area contributed by atoms with Gasteiger partial charge in [0.25, 0.3) is 11.5 Å². The van der Waals surface area contributed by atoms with E-state index in [1.165, 1.54) is 16.7 Å². The standard InChI is InChI=1S/C20H20FN3O2/c1-3-13(2)23-19(25)17-11-15-5-4-10-22-18(15)24(20(17)26)12-14-6-8-16(21)9-7-14/h4-11,13H,3,12H2,1-2H3,(H,23,25). The van der Waals surface area contributed by atoms with Crippen LogP contribution in [-0.4, -0.2) is 21.5 Å². The molecule has 26 heavy (non-hydrogen) atoms. The van der Waals surface area contributed by atoms with E-state index in [0.717, 1.165) is 12.0 Å². The van der Waals surface area contributed by atoms with Gasteiger partial charge in [-0.3, -0.25) is 14.2 Å². The fraction of sp³-hybridized carbons (Fsp3) is 0.250. The fourth-order valence-corrected chi connectivity index (χ4v) is 2.69. The normalized spacial score (nSPS) is 12.1. The number of amides is 1. The van der Waals surface area contributed by atoms with E-state index in [-0.39, 0.29) is 24.0 Å². The monoisotopic (exact) mass is 353 g/mol. The number of benzene rings is 1. The van der Waals surface area contributed by atoms with E-state index < -0.39 is 11.5 Å². The molecule has 0 aliphatic heterocycles. The van der Waals surface area contributed by atoms with Crippen molar-refractivity contribution in [3.63, 3.8) is 0 Å². The first kappa shape index (κ1) is 17.8.